The molecular formula is C44H65N3O4. The molecule has 3 aromatic rings. The second kappa shape index (κ2) is 23.4. The summed E-state index contributed by atoms with van der Waals surface area (Å²) < 4.78 is 13.5. The van der Waals surface area contributed by atoms with Crippen molar-refractivity contribution < 1.29 is 19.4 Å². The van der Waals surface area contributed by atoms with Gasteiger partial charge in [0.1, 0.15) is 0 Å². The summed E-state index contributed by atoms with van der Waals surface area (Å²) in [4.78, 5) is 14.6. The molecule has 2 amide bonds. The molecule has 3 aromatic carbocycles. The first-order chi connectivity index (χ1) is 25.0. The van der Waals surface area contributed by atoms with Crippen LogP contribution in [0.15, 0.2) is 72.8 Å². The maximum Gasteiger partial charge on any atom is 0.315 e. The Morgan fingerprint density at radius 2 is 1.33 bits per heavy atom. The van der Waals surface area contributed by atoms with E-state index in [1.54, 1.807) is 0 Å². The molecule has 3 N–H and O–H groups in total. The summed E-state index contributed by atoms with van der Waals surface area (Å²) in [5.41, 5.74) is 6.29. The number of amides is 2. The number of hydrogen-bond donors (Lipinski definition) is 3. The Kier molecular flexibility index (Phi) is 18.6. The highest BCUT2D eigenvalue weighted by molar-refractivity contribution is 5.73. The standard InChI is InChI=1S/C44H65N3O4/c1-4-7-9-11-13-15-28-47(29-16-14-12-10-8-5-2)33-41-31-42(38-22-20-35(34-48)21-23-38)51-43(50-41)39-26-24-37(25-27-39)40-19-17-18-36(30-40)32-46-44(49)45-6-3/h17-27,30,41-43,48H,4-16,28-29,31-34H2,1-3H3,(H2,45,46,49). The third-order valence-electron chi connectivity index (χ3n) is 9.97. The monoisotopic (exact) mass is 699 g/mol. The highest BCUT2D eigenvalue weighted by Gasteiger charge is 2.33. The number of aliphatic hydroxyl groups is 1. The Balaban J connectivity index is 1.47. The van der Waals surface area contributed by atoms with E-state index < -0.39 is 6.29 Å². The number of benzene rings is 3. The molecule has 0 aliphatic carbocycles. The number of carbonyl (C=O) groups is 1. The van der Waals surface area contributed by atoms with Crippen molar-refractivity contribution in [2.24, 2.45) is 0 Å². The Morgan fingerprint density at radius 3 is 1.96 bits per heavy atom. The van der Waals surface area contributed by atoms with Gasteiger partial charge in [-0.3, -0.25) is 0 Å². The minimum Gasteiger partial charge on any atom is -0.392 e. The largest absolute Gasteiger partial charge is 0.392 e. The van der Waals surface area contributed by atoms with Crippen LogP contribution in [0.3, 0.4) is 0 Å². The van der Waals surface area contributed by atoms with Gasteiger partial charge in [-0.05, 0) is 66.7 Å². The highest BCUT2D eigenvalue weighted by Crippen LogP contribution is 2.39. The predicted octanol–water partition coefficient (Wildman–Crippen LogP) is 10.2. The second-order valence-corrected chi connectivity index (χ2v) is 14.2. The summed E-state index contributed by atoms with van der Waals surface area (Å²) in [6, 6.07) is 24.8. The van der Waals surface area contributed by atoms with Crippen molar-refractivity contribution in [2.75, 3.05) is 26.2 Å². The molecule has 51 heavy (non-hydrogen) atoms. The van der Waals surface area contributed by atoms with Gasteiger partial charge in [-0.2, -0.15) is 0 Å². The number of nitrogens with zero attached hydrogens (tertiary/aromatic N) is 1. The van der Waals surface area contributed by atoms with Gasteiger partial charge in [0.2, 0.25) is 0 Å². The van der Waals surface area contributed by atoms with Crippen LogP contribution in [-0.2, 0) is 22.6 Å². The molecular weight excluding hydrogens is 635 g/mol. The van der Waals surface area contributed by atoms with Crippen molar-refractivity contribution in [3.63, 3.8) is 0 Å². The van der Waals surface area contributed by atoms with Crippen molar-refractivity contribution in [1.29, 1.82) is 0 Å². The van der Waals surface area contributed by atoms with Crippen LogP contribution >= 0.6 is 0 Å². The van der Waals surface area contributed by atoms with Crippen LogP contribution in [-0.4, -0.2) is 48.3 Å². The molecule has 0 radical (unpaired) electrons. The van der Waals surface area contributed by atoms with Gasteiger partial charge in [-0.1, -0.05) is 145 Å². The minimum atomic E-state index is -0.474. The van der Waals surface area contributed by atoms with Crippen LogP contribution in [0, 0.1) is 0 Å². The van der Waals surface area contributed by atoms with Crippen LogP contribution in [0.5, 0.6) is 0 Å². The van der Waals surface area contributed by atoms with E-state index >= 15 is 0 Å². The van der Waals surface area contributed by atoms with Gasteiger partial charge in [0.05, 0.1) is 18.8 Å². The van der Waals surface area contributed by atoms with E-state index in [0.717, 1.165) is 59.4 Å². The van der Waals surface area contributed by atoms with Crippen LogP contribution in [0.4, 0.5) is 4.79 Å². The van der Waals surface area contributed by atoms with Crippen LogP contribution in [0.2, 0.25) is 0 Å². The third-order valence-corrected chi connectivity index (χ3v) is 9.97. The number of unbranched alkanes of at least 4 members (excludes halogenated alkanes) is 10. The fraction of sp³-hybridized carbons (Fsp3) is 0.568. The van der Waals surface area contributed by atoms with Crippen molar-refractivity contribution in [3.05, 3.63) is 95.1 Å². The summed E-state index contributed by atoms with van der Waals surface area (Å²) in [7, 11) is 0. The zero-order chi connectivity index (χ0) is 36.1. The first kappa shape index (κ1) is 40.5. The van der Waals surface area contributed by atoms with Gasteiger partial charge in [0.15, 0.2) is 6.29 Å². The molecule has 4 rings (SSSR count). The zero-order valence-corrected chi connectivity index (χ0v) is 31.7. The molecule has 1 saturated heterocycles. The van der Waals surface area contributed by atoms with Gasteiger partial charge >= 0.3 is 6.03 Å². The lowest BCUT2D eigenvalue weighted by Crippen LogP contribution is -2.40. The Bertz CT molecular complexity index is 1360. The molecule has 7 nitrogen and oxygen atoms in total. The van der Waals surface area contributed by atoms with Crippen molar-refractivity contribution in [2.45, 2.75) is 136 Å². The van der Waals surface area contributed by atoms with E-state index in [0.29, 0.717) is 13.1 Å². The Labute approximate surface area is 308 Å². The molecule has 1 fully saturated rings. The van der Waals surface area contributed by atoms with Crippen molar-refractivity contribution in [1.82, 2.24) is 15.5 Å². The van der Waals surface area contributed by atoms with Crippen molar-refractivity contribution in [3.8, 4) is 11.1 Å². The zero-order valence-electron chi connectivity index (χ0n) is 31.7. The lowest BCUT2D eigenvalue weighted by Gasteiger charge is -2.38. The van der Waals surface area contributed by atoms with E-state index in [2.05, 4.69) is 77.9 Å². The van der Waals surface area contributed by atoms with E-state index in [9.17, 15) is 9.90 Å². The van der Waals surface area contributed by atoms with Crippen LogP contribution < -0.4 is 10.6 Å². The predicted molar refractivity (Wildman–Crippen MR) is 209 cm³/mol. The molecule has 0 aromatic heterocycles. The lowest BCUT2D eigenvalue weighted by molar-refractivity contribution is -0.253. The normalized spacial score (nSPS) is 17.5. The van der Waals surface area contributed by atoms with Gasteiger partial charge < -0.3 is 30.1 Å². The molecule has 3 atom stereocenters. The summed E-state index contributed by atoms with van der Waals surface area (Å²) in [5.74, 6) is 0. The van der Waals surface area contributed by atoms with E-state index in [1.165, 1.54) is 77.0 Å². The number of hydrogen-bond acceptors (Lipinski definition) is 5. The van der Waals surface area contributed by atoms with Crippen molar-refractivity contribution >= 4 is 6.03 Å². The van der Waals surface area contributed by atoms with Crippen LogP contribution in [0.25, 0.3) is 11.1 Å². The number of nitrogens with one attached hydrogen (secondary N) is 2. The fourth-order valence-corrected chi connectivity index (χ4v) is 6.95. The lowest BCUT2D eigenvalue weighted by atomic mass is 9.98. The number of carbonyl (C=O) groups excluding carboxylic acids is 1. The number of ether oxygens (including phenoxy) is 2. The number of urea groups is 1. The average molecular weight is 700 g/mol. The molecule has 1 aliphatic heterocycles. The topological polar surface area (TPSA) is 83.1 Å². The quantitative estimate of drug-likeness (QED) is 0.0859. The van der Waals surface area contributed by atoms with Gasteiger partial charge in [-0.25, -0.2) is 4.79 Å². The maximum atomic E-state index is 11.9. The first-order valence-corrected chi connectivity index (χ1v) is 20.0. The molecule has 0 saturated carbocycles. The number of aliphatic hydroxyl groups excluding tert-OH is 1. The molecule has 1 heterocycles. The molecule has 0 spiro atoms. The van der Waals surface area contributed by atoms with E-state index in [1.807, 2.05) is 31.2 Å². The average Bonchev–Trinajstić information content (AvgIpc) is 3.16. The van der Waals surface area contributed by atoms with Gasteiger partial charge in [0.25, 0.3) is 0 Å². The molecule has 3 unspecified atom stereocenters. The molecule has 1 aliphatic rings. The SMILES string of the molecule is CCCCCCCCN(CCCCCCCC)CC1CC(c2ccc(CO)cc2)OC(c2ccc(-c3cccc(CNC(=O)NCC)c3)cc2)O1. The minimum absolute atomic E-state index is 0.0337. The Hall–Kier alpha value is -3.23. The highest BCUT2D eigenvalue weighted by atomic mass is 16.7. The Morgan fingerprint density at radius 1 is 0.706 bits per heavy atom. The second-order valence-electron chi connectivity index (χ2n) is 14.2. The summed E-state index contributed by atoms with van der Waals surface area (Å²) in [5, 5.41) is 15.3. The summed E-state index contributed by atoms with van der Waals surface area (Å²) in [6.07, 6.45) is 15.9. The van der Waals surface area contributed by atoms with Gasteiger partial charge in [0, 0.05) is 31.6 Å². The van der Waals surface area contributed by atoms with E-state index in [-0.39, 0.29) is 24.8 Å². The van der Waals surface area contributed by atoms with Gasteiger partial charge in [-0.15, -0.1) is 0 Å². The number of rotatable bonds is 23. The molecule has 280 valence electrons. The molecule has 7 heteroatoms. The smallest absolute Gasteiger partial charge is 0.315 e. The maximum absolute atomic E-state index is 11.9. The fourth-order valence-electron chi connectivity index (χ4n) is 6.95. The van der Waals surface area contributed by atoms with E-state index in [4.69, 9.17) is 9.47 Å². The summed E-state index contributed by atoms with van der Waals surface area (Å²) in [6.45, 7) is 10.7. The van der Waals surface area contributed by atoms with Crippen LogP contribution in [0.1, 0.15) is 139 Å². The summed E-state index contributed by atoms with van der Waals surface area (Å²) >= 11 is 0. The first-order valence-electron chi connectivity index (χ1n) is 20.0. The molecule has 0 bridgehead atoms. The third kappa shape index (κ3) is 14.4.